The number of aliphatic carboxylic acids is 1. The third kappa shape index (κ3) is 12.5. The molecule has 1 heterocycles. The highest BCUT2D eigenvalue weighted by atomic mass is 16.4. The third-order valence-electron chi connectivity index (χ3n) is 9.06. The van der Waals surface area contributed by atoms with E-state index in [1.165, 1.54) is 55.5 Å². The maximum atomic E-state index is 14.3. The number of primary amides is 1. The monoisotopic (exact) mass is 802 g/mol. The number of phenolic OH excluding ortho intramolecular Hbond substituents is 2. The molecular weight excluding hydrogens is 756 g/mol. The van der Waals surface area contributed by atoms with E-state index in [0.717, 1.165) is 0 Å². The van der Waals surface area contributed by atoms with Crippen LogP contribution in [0.1, 0.15) is 30.0 Å². The number of hydrogen-bond acceptors (Lipinski definition) is 11. The van der Waals surface area contributed by atoms with Crippen LogP contribution in [0.2, 0.25) is 0 Å². The van der Waals surface area contributed by atoms with E-state index in [0.29, 0.717) is 27.6 Å². The summed E-state index contributed by atoms with van der Waals surface area (Å²) in [5.74, 6) is -7.10. The summed E-state index contributed by atoms with van der Waals surface area (Å²) in [6, 6.07) is 9.95. The molecule has 14 N–H and O–H groups in total. The summed E-state index contributed by atoms with van der Waals surface area (Å²) in [5, 5.41) is 51.7. The Balaban J connectivity index is 1.67. The van der Waals surface area contributed by atoms with Crippen LogP contribution < -0.4 is 38.1 Å². The number of aromatic nitrogens is 1. The molecule has 0 aliphatic carbocycles. The number of fused-ring (bicyclic) bond motifs is 1. The van der Waals surface area contributed by atoms with Gasteiger partial charge < -0.3 is 63.5 Å². The topological polar surface area (TPSA) is 328 Å². The lowest BCUT2D eigenvalue weighted by atomic mass is 10.00. The second-order valence-electron chi connectivity index (χ2n) is 13.6. The Bertz CT molecular complexity index is 2110. The molecule has 19 heteroatoms. The molecule has 308 valence electrons. The number of aromatic hydroxyl groups is 2. The number of benzene rings is 3. The fourth-order valence-corrected chi connectivity index (χ4v) is 5.87. The number of para-hydroxylation sites is 1. The van der Waals surface area contributed by atoms with E-state index in [-0.39, 0.29) is 30.8 Å². The molecule has 0 spiro atoms. The fourth-order valence-electron chi connectivity index (χ4n) is 5.87. The summed E-state index contributed by atoms with van der Waals surface area (Å²) < 4.78 is 0. The number of carbonyl (C=O) groups is 7. The number of aromatic amines is 1. The van der Waals surface area contributed by atoms with E-state index in [1.54, 1.807) is 30.5 Å². The second-order valence-corrected chi connectivity index (χ2v) is 13.6. The number of aliphatic hydroxyl groups excluding tert-OH is 1. The highest BCUT2D eigenvalue weighted by Gasteiger charge is 2.33. The number of nitrogens with one attached hydrogen (secondary N) is 6. The van der Waals surface area contributed by atoms with E-state index >= 15 is 0 Å². The molecule has 58 heavy (non-hydrogen) atoms. The van der Waals surface area contributed by atoms with Gasteiger partial charge in [-0.2, -0.15) is 0 Å². The molecule has 0 aliphatic rings. The van der Waals surface area contributed by atoms with E-state index in [1.807, 2.05) is 0 Å². The van der Waals surface area contributed by atoms with Crippen LogP contribution in [0, 0.1) is 0 Å². The lowest BCUT2D eigenvalue weighted by Gasteiger charge is -2.27. The number of amides is 6. The molecular formula is C39H46N8O11. The number of phenols is 2. The van der Waals surface area contributed by atoms with Gasteiger partial charge in [-0.15, -0.1) is 0 Å². The van der Waals surface area contributed by atoms with E-state index in [2.05, 4.69) is 31.6 Å². The average Bonchev–Trinajstić information content (AvgIpc) is 3.60. The maximum Gasteiger partial charge on any atom is 0.326 e. The Labute approximate surface area is 331 Å². The largest absolute Gasteiger partial charge is 0.508 e. The molecule has 0 saturated carbocycles. The zero-order valence-electron chi connectivity index (χ0n) is 31.3. The molecule has 0 bridgehead atoms. The molecule has 4 aromatic rings. The molecule has 0 unspecified atom stereocenters. The van der Waals surface area contributed by atoms with Crippen LogP contribution >= 0.6 is 0 Å². The molecule has 3 aromatic carbocycles. The zero-order valence-corrected chi connectivity index (χ0v) is 31.3. The first-order chi connectivity index (χ1) is 27.5. The number of H-pyrrole nitrogens is 1. The second kappa shape index (κ2) is 20.3. The lowest BCUT2D eigenvalue weighted by molar-refractivity contribution is -0.143. The number of carbonyl (C=O) groups excluding carboxylic acids is 6. The van der Waals surface area contributed by atoms with Crippen LogP contribution in [-0.4, -0.2) is 110 Å². The van der Waals surface area contributed by atoms with Gasteiger partial charge in [-0.3, -0.25) is 28.8 Å². The first kappa shape index (κ1) is 43.7. The van der Waals surface area contributed by atoms with Gasteiger partial charge in [-0.05, 0) is 53.9 Å². The van der Waals surface area contributed by atoms with Gasteiger partial charge in [0.25, 0.3) is 0 Å². The number of hydrogen-bond donors (Lipinski definition) is 12. The summed E-state index contributed by atoms with van der Waals surface area (Å²) in [4.78, 5) is 94.3. The van der Waals surface area contributed by atoms with Crippen molar-refractivity contribution < 1.29 is 54.0 Å². The maximum absolute atomic E-state index is 14.3. The predicted octanol–water partition coefficient (Wildman–Crippen LogP) is -1.67. The predicted molar refractivity (Wildman–Crippen MR) is 207 cm³/mol. The molecule has 0 fully saturated rings. The highest BCUT2D eigenvalue weighted by molar-refractivity contribution is 5.97. The van der Waals surface area contributed by atoms with Gasteiger partial charge in [-0.1, -0.05) is 42.5 Å². The third-order valence-corrected chi connectivity index (χ3v) is 9.06. The van der Waals surface area contributed by atoms with Crippen LogP contribution in [-0.2, 0) is 52.8 Å². The Kier molecular flexibility index (Phi) is 15.3. The Morgan fingerprint density at radius 1 is 0.638 bits per heavy atom. The molecule has 0 aliphatic heterocycles. The van der Waals surface area contributed by atoms with Gasteiger partial charge in [-0.25, -0.2) is 4.79 Å². The van der Waals surface area contributed by atoms with Gasteiger partial charge in [0, 0.05) is 36.4 Å². The fraction of sp³-hybridized carbons (Fsp3) is 0.308. The van der Waals surface area contributed by atoms with E-state index in [4.69, 9.17) is 11.5 Å². The zero-order chi connectivity index (χ0) is 42.5. The summed E-state index contributed by atoms with van der Waals surface area (Å²) in [5.41, 5.74) is 13.0. The van der Waals surface area contributed by atoms with Crippen LogP contribution in [0.5, 0.6) is 11.5 Å². The van der Waals surface area contributed by atoms with Gasteiger partial charge in [0.1, 0.15) is 47.8 Å². The number of carboxylic acids is 1. The molecule has 6 atom stereocenters. The van der Waals surface area contributed by atoms with E-state index in [9.17, 15) is 54.0 Å². The summed E-state index contributed by atoms with van der Waals surface area (Å²) in [7, 11) is 0. The van der Waals surface area contributed by atoms with Crippen LogP contribution in [0.4, 0.5) is 0 Å². The number of nitrogens with two attached hydrogens (primary N) is 2. The van der Waals surface area contributed by atoms with Gasteiger partial charge in [0.05, 0.1) is 13.0 Å². The standard InChI is InChI=1S/C39H46N8O11/c1-20(43-35(53)27(40)19-48)34(52)44-29(14-21-6-10-24(49)11-7-21)36(54)45-30(15-22-8-12-25(50)13-9-22)37(55)46-31(38(56)47-32(39(57)58)17-33(41)51)16-23-18-42-28-5-3-2-4-26(23)28/h2-13,18,20,27,29-32,42,48-50H,14-17,19,40H2,1H3,(H2,41,51)(H,43,53)(H,44,52)(H,45,54)(H,46,55)(H,47,56)(H,57,58)/t20-,27-,29-,30-,31-,32-/m0/s1. The molecule has 0 saturated heterocycles. The Morgan fingerprint density at radius 3 is 1.59 bits per heavy atom. The molecule has 1 aromatic heterocycles. The number of aliphatic hydroxyl groups is 1. The number of rotatable bonds is 20. The first-order valence-corrected chi connectivity index (χ1v) is 18.0. The van der Waals surface area contributed by atoms with Crippen LogP contribution in [0.15, 0.2) is 79.0 Å². The minimum absolute atomic E-state index is 0.0634. The average molecular weight is 803 g/mol. The van der Waals surface area contributed by atoms with Crippen molar-refractivity contribution in [2.45, 2.75) is 68.9 Å². The summed E-state index contributed by atoms with van der Waals surface area (Å²) >= 11 is 0. The minimum Gasteiger partial charge on any atom is -0.508 e. The minimum atomic E-state index is -1.73. The molecule has 4 rings (SSSR count). The quantitative estimate of drug-likeness (QED) is 0.0478. The Morgan fingerprint density at radius 2 is 1.10 bits per heavy atom. The lowest BCUT2D eigenvalue weighted by Crippen LogP contribution is -2.60. The molecule has 6 amide bonds. The highest BCUT2D eigenvalue weighted by Crippen LogP contribution is 2.20. The van der Waals surface area contributed by atoms with E-state index < -0.39 is 90.7 Å². The summed E-state index contributed by atoms with van der Waals surface area (Å²) in [6.07, 6.45) is 0.337. The smallest absolute Gasteiger partial charge is 0.326 e. The molecule has 0 radical (unpaired) electrons. The Hall–Kier alpha value is -6.99. The van der Waals surface area contributed by atoms with Crippen LogP contribution in [0.25, 0.3) is 10.9 Å². The van der Waals surface area contributed by atoms with Crippen LogP contribution in [0.3, 0.4) is 0 Å². The first-order valence-electron chi connectivity index (χ1n) is 18.0. The molecule has 19 nitrogen and oxygen atoms in total. The van der Waals surface area contributed by atoms with Crippen molar-refractivity contribution in [3.05, 3.63) is 95.7 Å². The SMILES string of the molecule is C[C@H](NC(=O)[C@@H](N)CO)C(=O)N[C@@H](Cc1ccc(O)cc1)C(=O)N[C@@H](Cc1ccc(O)cc1)C(=O)N[C@@H](Cc1c[nH]c2ccccc12)C(=O)N[C@@H](CC(N)=O)C(=O)O. The van der Waals surface area contributed by atoms with Crippen molar-refractivity contribution in [2.24, 2.45) is 11.5 Å². The number of carboxylic acid groups (broad SMARTS) is 1. The van der Waals surface area contributed by atoms with Crippen molar-refractivity contribution in [3.63, 3.8) is 0 Å². The van der Waals surface area contributed by atoms with Crippen molar-refractivity contribution in [1.29, 1.82) is 0 Å². The summed E-state index contributed by atoms with van der Waals surface area (Å²) in [6.45, 7) is 0.638. The van der Waals surface area contributed by atoms with Crippen molar-refractivity contribution in [2.75, 3.05) is 6.61 Å². The van der Waals surface area contributed by atoms with Crippen molar-refractivity contribution in [3.8, 4) is 11.5 Å². The van der Waals surface area contributed by atoms with Crippen molar-refractivity contribution >= 4 is 52.3 Å². The van der Waals surface area contributed by atoms with Gasteiger partial charge in [0.15, 0.2) is 0 Å². The van der Waals surface area contributed by atoms with Gasteiger partial charge in [0.2, 0.25) is 35.4 Å². The van der Waals surface area contributed by atoms with Crippen molar-refractivity contribution in [1.82, 2.24) is 31.6 Å². The normalized spacial score (nSPS) is 14.1. The van der Waals surface area contributed by atoms with Gasteiger partial charge >= 0.3 is 5.97 Å².